The van der Waals surface area contributed by atoms with Crippen molar-refractivity contribution in [2.24, 2.45) is 0 Å². The highest BCUT2D eigenvalue weighted by atomic mass is 35.5. The zero-order chi connectivity index (χ0) is 15.7. The van der Waals surface area contributed by atoms with E-state index in [9.17, 15) is 8.78 Å². The summed E-state index contributed by atoms with van der Waals surface area (Å²) in [6, 6.07) is 1.67. The molecule has 1 saturated heterocycles. The second-order valence-corrected chi connectivity index (χ2v) is 5.74. The molecule has 0 spiro atoms. The van der Waals surface area contributed by atoms with Gasteiger partial charge in [-0.25, -0.2) is 8.78 Å². The fourth-order valence-electron chi connectivity index (χ4n) is 2.86. The molecule has 130 valence electrons. The van der Waals surface area contributed by atoms with Crippen molar-refractivity contribution >= 4 is 24.0 Å². The Balaban J connectivity index is 0.00000192. The van der Waals surface area contributed by atoms with Gasteiger partial charge in [0.2, 0.25) is 6.79 Å². The predicted octanol–water partition coefficient (Wildman–Crippen LogP) is 2.06. The van der Waals surface area contributed by atoms with Crippen LogP contribution >= 0.6 is 24.0 Å². The summed E-state index contributed by atoms with van der Waals surface area (Å²) < 4.78 is 39.2. The molecule has 0 amide bonds. The van der Waals surface area contributed by atoms with Gasteiger partial charge in [-0.05, 0) is 11.6 Å². The van der Waals surface area contributed by atoms with Gasteiger partial charge in [0.25, 0.3) is 5.92 Å². The minimum atomic E-state index is -3.31. The first kappa shape index (κ1) is 18.5. The monoisotopic (exact) mass is 370 g/mol. The maximum Gasteiger partial charge on any atom is 0.289 e. The smallest absolute Gasteiger partial charge is 0.289 e. The maximum atomic E-state index is 14.4. The number of aliphatic hydroxyl groups excluding tert-OH is 1. The van der Waals surface area contributed by atoms with Crippen molar-refractivity contribution in [3.63, 3.8) is 0 Å². The van der Waals surface area contributed by atoms with Crippen molar-refractivity contribution in [3.8, 4) is 11.5 Å². The topological polar surface area (TPSA) is 54.0 Å². The van der Waals surface area contributed by atoms with Crippen LogP contribution in [0, 0.1) is 0 Å². The van der Waals surface area contributed by atoms with Gasteiger partial charge in [-0.3, -0.25) is 4.90 Å². The highest BCUT2D eigenvalue weighted by Crippen LogP contribution is 2.45. The van der Waals surface area contributed by atoms with Crippen molar-refractivity contribution in [3.05, 3.63) is 22.7 Å². The highest BCUT2D eigenvalue weighted by molar-refractivity contribution is 6.31. The Bertz CT molecular complexity index is 557. The Hall–Kier alpha value is -0.860. The Morgan fingerprint density at radius 1 is 1.26 bits per heavy atom. The number of aliphatic hydroxyl groups is 1. The van der Waals surface area contributed by atoms with Crippen LogP contribution in [0.5, 0.6) is 11.5 Å². The van der Waals surface area contributed by atoms with Gasteiger partial charge >= 0.3 is 0 Å². The molecule has 23 heavy (non-hydrogen) atoms. The SMILES string of the molecule is Cl.OCC(F)(F)[C@@H](c1cc2c(cc1Cl)OCO2)N1CCNCC1. The summed E-state index contributed by atoms with van der Waals surface area (Å²) in [4.78, 5) is 1.64. The second kappa shape index (κ2) is 7.36. The quantitative estimate of drug-likeness (QED) is 0.849. The average Bonchev–Trinajstić information content (AvgIpc) is 2.95. The zero-order valence-corrected chi connectivity index (χ0v) is 13.8. The van der Waals surface area contributed by atoms with Crippen LogP contribution in [0.4, 0.5) is 8.78 Å². The molecular weight excluding hydrogens is 353 g/mol. The molecule has 0 aromatic heterocycles. The van der Waals surface area contributed by atoms with Crippen LogP contribution in [0.15, 0.2) is 12.1 Å². The van der Waals surface area contributed by atoms with E-state index in [1.165, 1.54) is 12.1 Å². The average molecular weight is 371 g/mol. The summed E-state index contributed by atoms with van der Waals surface area (Å²) in [7, 11) is 0. The number of rotatable bonds is 4. The van der Waals surface area contributed by atoms with Crippen molar-refractivity contribution < 1.29 is 23.4 Å². The number of hydrogen-bond acceptors (Lipinski definition) is 5. The van der Waals surface area contributed by atoms with Gasteiger partial charge in [0.15, 0.2) is 11.5 Å². The number of halogens is 4. The van der Waals surface area contributed by atoms with Gasteiger partial charge in [0.1, 0.15) is 12.6 Å². The number of fused-ring (bicyclic) bond motifs is 1. The van der Waals surface area contributed by atoms with Crippen LogP contribution in [-0.4, -0.2) is 55.5 Å². The van der Waals surface area contributed by atoms with Crippen molar-refractivity contribution in [2.75, 3.05) is 39.6 Å². The Morgan fingerprint density at radius 3 is 2.48 bits per heavy atom. The molecule has 0 bridgehead atoms. The van der Waals surface area contributed by atoms with Gasteiger partial charge in [-0.15, -0.1) is 12.4 Å². The lowest BCUT2D eigenvalue weighted by Crippen LogP contribution is -2.51. The summed E-state index contributed by atoms with van der Waals surface area (Å²) in [6.45, 7) is 0.923. The molecule has 0 unspecified atom stereocenters. The first-order valence-electron chi connectivity index (χ1n) is 7.05. The van der Waals surface area contributed by atoms with Gasteiger partial charge in [-0.2, -0.15) is 0 Å². The number of piperazine rings is 1. The number of nitrogens with zero attached hydrogens (tertiary/aromatic N) is 1. The molecule has 2 N–H and O–H groups in total. The van der Waals surface area contributed by atoms with E-state index in [-0.39, 0.29) is 29.8 Å². The normalized spacial score (nSPS) is 19.3. The minimum absolute atomic E-state index is 0. The molecule has 1 aromatic rings. The predicted molar refractivity (Wildman–Crippen MR) is 84.0 cm³/mol. The van der Waals surface area contributed by atoms with Crippen LogP contribution in [-0.2, 0) is 0 Å². The first-order valence-corrected chi connectivity index (χ1v) is 7.43. The molecule has 1 aromatic carbocycles. The molecular formula is C14H18Cl2F2N2O3. The number of alkyl halides is 2. The van der Waals surface area contributed by atoms with E-state index in [2.05, 4.69) is 5.32 Å². The van der Waals surface area contributed by atoms with E-state index >= 15 is 0 Å². The fourth-order valence-corrected chi connectivity index (χ4v) is 3.12. The molecule has 2 aliphatic heterocycles. The third kappa shape index (κ3) is 3.64. The van der Waals surface area contributed by atoms with Crippen molar-refractivity contribution in [1.29, 1.82) is 0 Å². The summed E-state index contributed by atoms with van der Waals surface area (Å²) >= 11 is 6.19. The molecule has 0 saturated carbocycles. The van der Waals surface area contributed by atoms with Gasteiger partial charge in [0, 0.05) is 37.3 Å². The third-order valence-electron chi connectivity index (χ3n) is 3.91. The van der Waals surface area contributed by atoms with Crippen LogP contribution in [0.1, 0.15) is 11.6 Å². The second-order valence-electron chi connectivity index (χ2n) is 5.33. The van der Waals surface area contributed by atoms with Crippen LogP contribution in [0.3, 0.4) is 0 Å². The van der Waals surface area contributed by atoms with Gasteiger partial charge < -0.3 is 19.9 Å². The molecule has 2 heterocycles. The lowest BCUT2D eigenvalue weighted by Gasteiger charge is -2.39. The lowest BCUT2D eigenvalue weighted by molar-refractivity contribution is -0.118. The molecule has 1 atom stereocenters. The third-order valence-corrected chi connectivity index (χ3v) is 4.24. The largest absolute Gasteiger partial charge is 0.454 e. The minimum Gasteiger partial charge on any atom is -0.454 e. The lowest BCUT2D eigenvalue weighted by atomic mass is 9.97. The van der Waals surface area contributed by atoms with Gasteiger partial charge in [0.05, 0.1) is 0 Å². The number of ether oxygens (including phenoxy) is 2. The van der Waals surface area contributed by atoms with E-state index in [0.29, 0.717) is 37.7 Å². The highest BCUT2D eigenvalue weighted by Gasteiger charge is 2.45. The first-order chi connectivity index (χ1) is 10.5. The van der Waals surface area contributed by atoms with Crippen LogP contribution in [0.25, 0.3) is 0 Å². The van der Waals surface area contributed by atoms with E-state index in [0.717, 1.165) is 0 Å². The molecule has 5 nitrogen and oxygen atoms in total. The molecule has 9 heteroatoms. The van der Waals surface area contributed by atoms with E-state index in [4.69, 9.17) is 26.2 Å². The van der Waals surface area contributed by atoms with Crippen molar-refractivity contribution in [1.82, 2.24) is 10.2 Å². The van der Waals surface area contributed by atoms with Crippen molar-refractivity contribution in [2.45, 2.75) is 12.0 Å². The van der Waals surface area contributed by atoms with Gasteiger partial charge in [-0.1, -0.05) is 11.6 Å². The maximum absolute atomic E-state index is 14.4. The molecule has 3 rings (SSSR count). The number of benzene rings is 1. The summed E-state index contributed by atoms with van der Waals surface area (Å²) in [5, 5.41) is 12.5. The zero-order valence-electron chi connectivity index (χ0n) is 12.2. The summed E-state index contributed by atoms with van der Waals surface area (Å²) in [5.41, 5.74) is 0.242. The van der Waals surface area contributed by atoms with Crippen LogP contribution < -0.4 is 14.8 Å². The van der Waals surface area contributed by atoms with Crippen LogP contribution in [0.2, 0.25) is 5.02 Å². The Labute approximate surface area is 143 Å². The molecule has 2 aliphatic rings. The Kier molecular flexibility index (Phi) is 5.91. The molecule has 1 fully saturated rings. The molecule has 0 aliphatic carbocycles. The molecule has 0 radical (unpaired) electrons. The van der Waals surface area contributed by atoms with E-state index in [1.54, 1.807) is 4.90 Å². The summed E-state index contributed by atoms with van der Waals surface area (Å²) in [5.74, 6) is -2.47. The van der Waals surface area contributed by atoms with E-state index in [1.807, 2.05) is 0 Å². The standard InChI is InChI=1S/C14H17ClF2N2O3.ClH/c15-10-6-12-11(21-8-22-12)5-9(10)13(14(16,17)7-20)19-3-1-18-2-4-19;/h5-6,13,18,20H,1-4,7-8H2;1H/t13-;/m1./s1. The van der Waals surface area contributed by atoms with E-state index < -0.39 is 18.6 Å². The number of nitrogens with one attached hydrogen (secondary N) is 1. The summed E-state index contributed by atoms with van der Waals surface area (Å²) in [6.07, 6.45) is 0. The number of hydrogen-bond donors (Lipinski definition) is 2. The fraction of sp³-hybridized carbons (Fsp3) is 0.571. The Morgan fingerprint density at radius 2 is 1.87 bits per heavy atom.